The summed E-state index contributed by atoms with van der Waals surface area (Å²) in [6.45, 7) is 2.72. The van der Waals surface area contributed by atoms with Crippen LogP contribution in [0.2, 0.25) is 0 Å². The van der Waals surface area contributed by atoms with Crippen LogP contribution in [0.5, 0.6) is 0 Å². The zero-order valence-electron chi connectivity index (χ0n) is 14.7. The van der Waals surface area contributed by atoms with Gasteiger partial charge in [-0.2, -0.15) is 0 Å². The molecule has 7 heteroatoms. The molecular weight excluding hydrogens is 316 g/mol. The summed E-state index contributed by atoms with van der Waals surface area (Å²) in [7, 11) is 2.00. The van der Waals surface area contributed by atoms with Crippen molar-refractivity contribution in [2.75, 3.05) is 11.9 Å². The highest BCUT2D eigenvalue weighted by atomic mass is 16.2. The number of hydrogen-bond acceptors (Lipinski definition) is 5. The minimum atomic E-state index is 0.0317. The number of nitrogens with zero attached hydrogens (tertiary/aromatic N) is 5. The number of amides is 1. The van der Waals surface area contributed by atoms with Gasteiger partial charge in [-0.1, -0.05) is 0 Å². The highest BCUT2D eigenvalue weighted by Crippen LogP contribution is 2.42. The summed E-state index contributed by atoms with van der Waals surface area (Å²) in [4.78, 5) is 27.7. The van der Waals surface area contributed by atoms with Gasteiger partial charge in [0.2, 0.25) is 5.91 Å². The Morgan fingerprint density at radius 1 is 1.24 bits per heavy atom. The summed E-state index contributed by atoms with van der Waals surface area (Å²) in [6.07, 6.45) is 9.06. The van der Waals surface area contributed by atoms with Crippen LogP contribution in [-0.4, -0.2) is 42.9 Å². The fourth-order valence-electron chi connectivity index (χ4n) is 3.76. The van der Waals surface area contributed by atoms with Crippen LogP contribution in [0.3, 0.4) is 0 Å². The van der Waals surface area contributed by atoms with Crippen molar-refractivity contribution in [1.29, 1.82) is 0 Å². The fourth-order valence-corrected chi connectivity index (χ4v) is 3.76. The van der Waals surface area contributed by atoms with Gasteiger partial charge in [-0.25, -0.2) is 15.0 Å². The average molecular weight is 340 g/mol. The number of hydrogen-bond donors (Lipinski definition) is 1. The number of rotatable bonds is 5. The number of piperidine rings is 1. The average Bonchev–Trinajstić information content (AvgIpc) is 3.34. The normalized spacial score (nSPS) is 23.8. The van der Waals surface area contributed by atoms with Crippen LogP contribution < -0.4 is 5.32 Å². The predicted molar refractivity (Wildman–Crippen MR) is 93.8 cm³/mol. The Labute approximate surface area is 147 Å². The second-order valence-corrected chi connectivity index (χ2v) is 7.10. The van der Waals surface area contributed by atoms with E-state index >= 15 is 0 Å². The molecule has 132 valence electrons. The SMILES string of the molecule is Cc1cc(NC[C@H]2CCC(=O)N(C3CC3)[C@@H]2c2nccn2C)ncn1. The highest BCUT2D eigenvalue weighted by Gasteiger charge is 2.45. The molecule has 1 saturated heterocycles. The van der Waals surface area contributed by atoms with Gasteiger partial charge in [-0.05, 0) is 26.2 Å². The quantitative estimate of drug-likeness (QED) is 0.902. The Bertz CT molecular complexity index is 768. The molecule has 0 radical (unpaired) electrons. The summed E-state index contributed by atoms with van der Waals surface area (Å²) in [5, 5.41) is 3.44. The van der Waals surface area contributed by atoms with E-state index in [1.54, 1.807) is 6.33 Å². The number of carbonyl (C=O) groups is 1. The fraction of sp³-hybridized carbons (Fsp3) is 0.556. The van der Waals surface area contributed by atoms with Gasteiger partial charge in [-0.15, -0.1) is 0 Å². The maximum Gasteiger partial charge on any atom is 0.223 e. The van der Waals surface area contributed by atoms with Gasteiger partial charge in [0.1, 0.15) is 18.0 Å². The van der Waals surface area contributed by atoms with Crippen molar-refractivity contribution in [3.05, 3.63) is 36.3 Å². The second kappa shape index (κ2) is 6.46. The van der Waals surface area contributed by atoms with E-state index in [1.807, 2.05) is 37.0 Å². The molecule has 7 nitrogen and oxygen atoms in total. The third-order valence-corrected chi connectivity index (χ3v) is 5.18. The van der Waals surface area contributed by atoms with Crippen LogP contribution in [0.25, 0.3) is 0 Å². The molecule has 2 aromatic rings. The molecule has 2 fully saturated rings. The maximum atomic E-state index is 12.6. The van der Waals surface area contributed by atoms with Gasteiger partial charge >= 0.3 is 0 Å². The lowest BCUT2D eigenvalue weighted by Gasteiger charge is -2.41. The molecule has 1 aliphatic carbocycles. The van der Waals surface area contributed by atoms with Crippen molar-refractivity contribution in [2.45, 2.75) is 44.7 Å². The Morgan fingerprint density at radius 2 is 2.08 bits per heavy atom. The summed E-state index contributed by atoms with van der Waals surface area (Å²) < 4.78 is 2.04. The zero-order valence-corrected chi connectivity index (χ0v) is 14.7. The van der Waals surface area contributed by atoms with Gasteiger partial charge in [0, 0.05) is 56.1 Å². The molecule has 0 bridgehead atoms. The van der Waals surface area contributed by atoms with E-state index in [1.165, 1.54) is 0 Å². The first-order valence-corrected chi connectivity index (χ1v) is 8.94. The molecule has 2 aliphatic rings. The smallest absolute Gasteiger partial charge is 0.223 e. The topological polar surface area (TPSA) is 75.9 Å². The second-order valence-electron chi connectivity index (χ2n) is 7.10. The van der Waals surface area contributed by atoms with E-state index in [9.17, 15) is 4.79 Å². The van der Waals surface area contributed by atoms with Crippen LogP contribution in [0.4, 0.5) is 5.82 Å². The molecule has 25 heavy (non-hydrogen) atoms. The number of carbonyl (C=O) groups excluding carboxylic acids is 1. The summed E-state index contributed by atoms with van der Waals surface area (Å²) >= 11 is 0. The number of anilines is 1. The number of aromatic nitrogens is 4. The number of nitrogens with one attached hydrogen (secondary N) is 1. The number of aryl methyl sites for hydroxylation is 2. The zero-order chi connectivity index (χ0) is 17.4. The summed E-state index contributed by atoms with van der Waals surface area (Å²) in [6, 6.07) is 2.37. The lowest BCUT2D eigenvalue weighted by Crippen LogP contribution is -2.46. The Kier molecular flexibility index (Phi) is 4.15. The monoisotopic (exact) mass is 340 g/mol. The van der Waals surface area contributed by atoms with Crippen molar-refractivity contribution in [1.82, 2.24) is 24.4 Å². The van der Waals surface area contributed by atoms with E-state index in [4.69, 9.17) is 0 Å². The van der Waals surface area contributed by atoms with E-state index in [2.05, 4.69) is 25.2 Å². The third kappa shape index (κ3) is 3.23. The number of likely N-dealkylation sites (tertiary alicyclic amines) is 1. The summed E-state index contributed by atoms with van der Waals surface area (Å²) in [5.41, 5.74) is 0.941. The van der Waals surface area contributed by atoms with Crippen LogP contribution >= 0.6 is 0 Å². The van der Waals surface area contributed by atoms with Crippen LogP contribution in [0.1, 0.15) is 43.2 Å². The van der Waals surface area contributed by atoms with Crippen molar-refractivity contribution < 1.29 is 4.79 Å². The van der Waals surface area contributed by atoms with Crippen LogP contribution in [0, 0.1) is 12.8 Å². The third-order valence-electron chi connectivity index (χ3n) is 5.18. The Hall–Kier alpha value is -2.44. The van der Waals surface area contributed by atoms with E-state index < -0.39 is 0 Å². The van der Waals surface area contributed by atoms with Gasteiger partial charge < -0.3 is 14.8 Å². The van der Waals surface area contributed by atoms with Crippen LogP contribution in [0.15, 0.2) is 24.8 Å². The molecule has 2 aromatic heterocycles. The molecule has 2 atom stereocenters. The molecule has 4 rings (SSSR count). The van der Waals surface area contributed by atoms with Gasteiger partial charge in [0.25, 0.3) is 0 Å². The van der Waals surface area contributed by atoms with E-state index in [-0.39, 0.29) is 11.9 Å². The standard InChI is InChI=1S/C18H24N6O/c1-12-9-15(22-11-21-12)20-10-13-3-6-16(25)24(14-4-5-14)17(13)18-19-7-8-23(18)2/h7-9,11,13-14,17H,3-6,10H2,1-2H3,(H,20,21,22)/t13-,17+/m1/s1. The molecule has 0 spiro atoms. The first kappa shape index (κ1) is 16.1. The largest absolute Gasteiger partial charge is 0.370 e. The van der Waals surface area contributed by atoms with Crippen molar-refractivity contribution in [2.24, 2.45) is 13.0 Å². The predicted octanol–water partition coefficient (Wildman–Crippen LogP) is 2.07. The minimum Gasteiger partial charge on any atom is -0.370 e. The Morgan fingerprint density at radius 3 is 2.76 bits per heavy atom. The van der Waals surface area contributed by atoms with Crippen molar-refractivity contribution in [3.8, 4) is 0 Å². The number of imidazole rings is 1. The van der Waals surface area contributed by atoms with Gasteiger partial charge in [0.05, 0.1) is 6.04 Å². The minimum absolute atomic E-state index is 0.0317. The molecule has 1 saturated carbocycles. The van der Waals surface area contributed by atoms with Crippen molar-refractivity contribution in [3.63, 3.8) is 0 Å². The molecular formula is C18H24N6O. The summed E-state index contributed by atoms with van der Waals surface area (Å²) in [5.74, 6) is 2.39. The molecule has 1 N–H and O–H groups in total. The van der Waals surface area contributed by atoms with E-state index in [0.717, 1.165) is 43.1 Å². The molecule has 1 amide bonds. The highest BCUT2D eigenvalue weighted by molar-refractivity contribution is 5.78. The molecule has 3 heterocycles. The first-order valence-electron chi connectivity index (χ1n) is 8.94. The molecule has 1 aliphatic heterocycles. The maximum absolute atomic E-state index is 12.6. The van der Waals surface area contributed by atoms with Crippen molar-refractivity contribution >= 4 is 11.7 Å². The first-order chi connectivity index (χ1) is 12.1. The van der Waals surface area contributed by atoms with Gasteiger partial charge in [0.15, 0.2) is 0 Å². The van der Waals surface area contributed by atoms with E-state index in [0.29, 0.717) is 18.4 Å². The lowest BCUT2D eigenvalue weighted by atomic mass is 9.87. The van der Waals surface area contributed by atoms with Gasteiger partial charge in [-0.3, -0.25) is 4.79 Å². The lowest BCUT2D eigenvalue weighted by molar-refractivity contribution is -0.140. The Balaban J connectivity index is 1.58. The molecule has 0 unspecified atom stereocenters. The molecule has 0 aromatic carbocycles. The van der Waals surface area contributed by atoms with Crippen LogP contribution in [-0.2, 0) is 11.8 Å².